The summed E-state index contributed by atoms with van der Waals surface area (Å²) >= 11 is 1.40. The Morgan fingerprint density at radius 3 is 2.74 bits per heavy atom. The molecular weight excluding hydrogens is 587 g/mol. The number of hydrogen-bond donors (Lipinski definition) is 1. The first kappa shape index (κ1) is 29.5. The summed E-state index contributed by atoms with van der Waals surface area (Å²) in [6.07, 6.45) is 0.917. The van der Waals surface area contributed by atoms with Crippen molar-refractivity contribution in [3.05, 3.63) is 70.3 Å². The van der Waals surface area contributed by atoms with Crippen LogP contribution >= 0.6 is 11.8 Å². The molecule has 4 heterocycles. The van der Waals surface area contributed by atoms with Gasteiger partial charge in [-0.3, -0.25) is 19.0 Å². The van der Waals surface area contributed by atoms with Crippen molar-refractivity contribution in [3.63, 3.8) is 0 Å². The molecule has 4 atom stereocenters. The summed E-state index contributed by atoms with van der Waals surface area (Å²) in [7, 11) is 1.11. The first-order valence-corrected chi connectivity index (χ1v) is 14.9. The van der Waals surface area contributed by atoms with Crippen LogP contribution in [0.4, 0.5) is 18.0 Å². The number of nitrogens with zero attached hydrogens (tertiary/aromatic N) is 2. The molecule has 9 nitrogen and oxygen atoms in total. The molecule has 1 N–H and O–H groups in total. The summed E-state index contributed by atoms with van der Waals surface area (Å²) in [4.78, 5) is 42.1. The fourth-order valence-corrected chi connectivity index (χ4v) is 7.36. The van der Waals surface area contributed by atoms with Crippen LogP contribution in [-0.2, 0) is 36.0 Å². The second-order valence-corrected chi connectivity index (χ2v) is 12.1. The van der Waals surface area contributed by atoms with Crippen molar-refractivity contribution in [3.8, 4) is 0 Å². The zero-order chi connectivity index (χ0) is 30.5. The van der Waals surface area contributed by atoms with Gasteiger partial charge in [0.1, 0.15) is 0 Å². The molecule has 4 aliphatic rings. The summed E-state index contributed by atoms with van der Waals surface area (Å²) in [5, 5.41) is 1.48. The van der Waals surface area contributed by atoms with E-state index in [1.165, 1.54) is 34.7 Å². The number of amides is 1. The van der Waals surface area contributed by atoms with E-state index in [1.54, 1.807) is 0 Å². The molecule has 0 spiro atoms. The summed E-state index contributed by atoms with van der Waals surface area (Å²) in [6, 6.07) is 7.31. The molecule has 4 aliphatic heterocycles. The number of nitrogens with one attached hydrogen (secondary N) is 1. The van der Waals surface area contributed by atoms with E-state index in [1.807, 2.05) is 24.3 Å². The Hall–Kier alpha value is -3.55. The summed E-state index contributed by atoms with van der Waals surface area (Å²) < 4.78 is 59.3. The van der Waals surface area contributed by atoms with Gasteiger partial charge in [0.25, 0.3) is 5.91 Å². The Bertz CT molecular complexity index is 1520. The third kappa shape index (κ3) is 5.06. The van der Waals surface area contributed by atoms with Crippen molar-refractivity contribution >= 4 is 35.3 Å². The average Bonchev–Trinajstić information content (AvgIpc) is 3.21. The number of piperidine rings is 1. The minimum Gasteiger partial charge on any atom is -0.438 e. The molecule has 0 aromatic heterocycles. The number of halogens is 3. The van der Waals surface area contributed by atoms with Gasteiger partial charge < -0.3 is 19.1 Å². The number of methoxy groups -OCH3 is 1. The molecule has 2 aromatic carbocycles. The van der Waals surface area contributed by atoms with Gasteiger partial charge in [-0.05, 0) is 49.4 Å². The van der Waals surface area contributed by atoms with E-state index in [4.69, 9.17) is 9.47 Å². The molecule has 1 amide bonds. The van der Waals surface area contributed by atoms with Crippen LogP contribution in [0.5, 0.6) is 0 Å². The second kappa shape index (κ2) is 11.5. The summed E-state index contributed by atoms with van der Waals surface area (Å²) in [6.45, 7) is 0.237. The molecule has 0 aliphatic carbocycles. The molecule has 43 heavy (non-hydrogen) atoms. The number of rotatable bonds is 5. The number of alkyl halides is 1. The van der Waals surface area contributed by atoms with Crippen LogP contribution in [0, 0.1) is 17.6 Å². The van der Waals surface area contributed by atoms with E-state index in [0.29, 0.717) is 18.4 Å². The predicted molar refractivity (Wildman–Crippen MR) is 149 cm³/mol. The van der Waals surface area contributed by atoms with Crippen molar-refractivity contribution in [1.82, 2.24) is 15.3 Å². The Morgan fingerprint density at radius 2 is 1.98 bits per heavy atom. The number of carbonyl (C=O) groups excluding carboxylic acids is 3. The smallest absolute Gasteiger partial charge is 0.438 e. The topological polar surface area (TPSA) is 97.4 Å². The maximum Gasteiger partial charge on any atom is 0.510 e. The highest BCUT2D eigenvalue weighted by Crippen LogP contribution is 2.44. The van der Waals surface area contributed by atoms with Crippen molar-refractivity contribution in [2.75, 3.05) is 27.1 Å². The zero-order valence-corrected chi connectivity index (χ0v) is 24.3. The van der Waals surface area contributed by atoms with Gasteiger partial charge >= 0.3 is 6.16 Å². The molecule has 228 valence electrons. The van der Waals surface area contributed by atoms with Gasteiger partial charge in [0.2, 0.25) is 0 Å². The van der Waals surface area contributed by atoms with E-state index in [9.17, 15) is 18.8 Å². The minimum absolute atomic E-state index is 0.133. The van der Waals surface area contributed by atoms with Crippen molar-refractivity contribution < 1.29 is 41.8 Å². The first-order valence-electron chi connectivity index (χ1n) is 13.9. The van der Waals surface area contributed by atoms with E-state index in [-0.39, 0.29) is 41.5 Å². The molecule has 3 unspecified atom stereocenters. The lowest BCUT2D eigenvalue weighted by atomic mass is 9.81. The van der Waals surface area contributed by atoms with Crippen LogP contribution < -0.4 is 5.43 Å². The molecule has 0 saturated carbocycles. The van der Waals surface area contributed by atoms with E-state index >= 15 is 8.78 Å². The number of hydrogen-bond acceptors (Lipinski definition) is 9. The first-order chi connectivity index (χ1) is 20.7. The maximum absolute atomic E-state index is 15.3. The molecule has 0 radical (unpaired) electrons. The van der Waals surface area contributed by atoms with E-state index in [2.05, 4.69) is 10.2 Å². The Labute approximate surface area is 250 Å². The Balaban J connectivity index is 1.47. The quantitative estimate of drug-likeness (QED) is 0.389. The second-order valence-electron chi connectivity index (χ2n) is 11.1. The fourth-order valence-electron chi connectivity index (χ4n) is 6.26. The van der Waals surface area contributed by atoms with Crippen molar-refractivity contribution in [1.29, 1.82) is 0 Å². The number of thioether (sulfide) groups is 1. The molecule has 6 rings (SSSR count). The minimum atomic E-state index is -1.87. The lowest BCUT2D eigenvalue weighted by molar-refractivity contribution is -0.192. The fraction of sp³-hybridized carbons (Fsp3) is 0.433. The van der Waals surface area contributed by atoms with Crippen LogP contribution in [-0.4, -0.2) is 72.7 Å². The van der Waals surface area contributed by atoms with Crippen molar-refractivity contribution in [2.24, 2.45) is 5.92 Å². The Kier molecular flexibility index (Phi) is 7.90. The van der Waals surface area contributed by atoms with Gasteiger partial charge in [-0.2, -0.15) is 0 Å². The number of hydrazine groups is 1. The van der Waals surface area contributed by atoms with Gasteiger partial charge in [-0.15, -0.1) is 11.8 Å². The average molecular weight is 618 g/mol. The third-order valence-corrected chi connectivity index (χ3v) is 9.77. The standard InChI is InChI=1S/C30H30F3N3O6S/c1-30(42-15-41-29(39)40-2)24(37)11-22(36-27(30)28(38)35-13-16(12-31)7-8-25(35)34-36)19-10-21(32)26(33)20-14-43-23-6-4-3-5-17(23)9-18(19)20/h3-6,10-11,16,25,27,34H,7-9,12-15H2,1-2H3/t16?,25-,27?,30?/m0/s1. The van der Waals surface area contributed by atoms with Gasteiger partial charge in [0.05, 0.1) is 25.6 Å². The molecule has 0 bridgehead atoms. The zero-order valence-electron chi connectivity index (χ0n) is 23.5. The third-order valence-electron chi connectivity index (χ3n) is 8.62. The van der Waals surface area contributed by atoms with Crippen LogP contribution in [0.25, 0.3) is 5.70 Å². The van der Waals surface area contributed by atoms with Gasteiger partial charge in [-0.25, -0.2) is 19.0 Å². The highest BCUT2D eigenvalue weighted by atomic mass is 32.2. The van der Waals surface area contributed by atoms with Gasteiger partial charge in [0, 0.05) is 40.3 Å². The van der Waals surface area contributed by atoms with Crippen LogP contribution in [0.2, 0.25) is 0 Å². The highest BCUT2D eigenvalue weighted by molar-refractivity contribution is 7.98. The van der Waals surface area contributed by atoms with Gasteiger partial charge in [-0.1, -0.05) is 18.2 Å². The molecule has 13 heteroatoms. The van der Waals surface area contributed by atoms with Crippen molar-refractivity contribution in [2.45, 2.75) is 54.6 Å². The lowest BCUT2D eigenvalue weighted by Crippen LogP contribution is -2.76. The number of benzene rings is 2. The molecular formula is C30H30F3N3O6S. The summed E-state index contributed by atoms with van der Waals surface area (Å²) in [5.74, 6) is -3.37. The monoisotopic (exact) mass is 617 g/mol. The van der Waals surface area contributed by atoms with Gasteiger partial charge in [0.15, 0.2) is 35.9 Å². The molecule has 2 aromatic rings. The summed E-state index contributed by atoms with van der Waals surface area (Å²) in [5.41, 5.74) is 3.50. The normalized spacial score (nSPS) is 26.4. The number of ketones is 1. The van der Waals surface area contributed by atoms with Crippen LogP contribution in [0.15, 0.2) is 41.3 Å². The Morgan fingerprint density at radius 1 is 1.19 bits per heavy atom. The lowest BCUT2D eigenvalue weighted by Gasteiger charge is -2.55. The van der Waals surface area contributed by atoms with E-state index < -0.39 is 60.8 Å². The molecule has 2 fully saturated rings. The number of fused-ring (bicyclic) bond motifs is 4. The number of carbonyl (C=O) groups is 3. The SMILES string of the molecule is COC(=O)OCOC1(C)C(=O)C=C(c2cc(F)c(F)c3c2Cc2ccccc2SC3)N2N[C@@H]3CCC(CF)CN3C(=O)C21. The predicted octanol–water partition coefficient (Wildman–Crippen LogP) is 4.32. The number of ether oxygens (including phenoxy) is 3. The van der Waals surface area contributed by atoms with Crippen LogP contribution in [0.3, 0.4) is 0 Å². The maximum atomic E-state index is 15.3. The highest BCUT2D eigenvalue weighted by Gasteiger charge is 2.58. The molecule has 2 saturated heterocycles. The van der Waals surface area contributed by atoms with E-state index in [0.717, 1.165) is 23.6 Å². The largest absolute Gasteiger partial charge is 0.510 e. The van der Waals surface area contributed by atoms with Crippen LogP contribution in [0.1, 0.15) is 42.0 Å².